The highest BCUT2D eigenvalue weighted by molar-refractivity contribution is 5.46. The first kappa shape index (κ1) is 14.4. The lowest BCUT2D eigenvalue weighted by Crippen LogP contribution is -2.25. The number of methoxy groups -OCH3 is 1. The van der Waals surface area contributed by atoms with Crippen molar-refractivity contribution >= 4 is 0 Å². The van der Waals surface area contributed by atoms with Gasteiger partial charge in [-0.3, -0.25) is 0 Å². The molecule has 1 aromatic rings. The Kier molecular flexibility index (Phi) is 4.16. The van der Waals surface area contributed by atoms with E-state index in [9.17, 15) is 5.11 Å². The molecule has 3 nitrogen and oxygen atoms in total. The van der Waals surface area contributed by atoms with Gasteiger partial charge in [0.25, 0.3) is 0 Å². The Bertz CT molecular complexity index is 440. The van der Waals surface area contributed by atoms with Crippen molar-refractivity contribution < 1.29 is 14.6 Å². The van der Waals surface area contributed by atoms with Crippen LogP contribution in [0.2, 0.25) is 0 Å². The summed E-state index contributed by atoms with van der Waals surface area (Å²) < 4.78 is 11.1. The Morgan fingerprint density at radius 2 is 2.16 bits per heavy atom. The first-order valence-corrected chi connectivity index (χ1v) is 6.92. The number of ether oxygens (including phenoxy) is 2. The van der Waals surface area contributed by atoms with E-state index in [2.05, 4.69) is 19.9 Å². The average molecular weight is 264 g/mol. The molecular weight excluding hydrogens is 240 g/mol. The zero-order chi connectivity index (χ0) is 14.0. The maximum Gasteiger partial charge on any atom is 0.129 e. The molecule has 0 amide bonds. The van der Waals surface area contributed by atoms with E-state index in [4.69, 9.17) is 9.47 Å². The average Bonchev–Trinajstić information content (AvgIpc) is 2.68. The maximum absolute atomic E-state index is 10.5. The highest BCUT2D eigenvalue weighted by atomic mass is 16.5. The van der Waals surface area contributed by atoms with Crippen LogP contribution in [0.25, 0.3) is 0 Å². The molecule has 0 fully saturated rings. The predicted octanol–water partition coefficient (Wildman–Crippen LogP) is 3.11. The van der Waals surface area contributed by atoms with Crippen LogP contribution >= 0.6 is 0 Å². The van der Waals surface area contributed by atoms with E-state index in [-0.39, 0.29) is 11.5 Å². The van der Waals surface area contributed by atoms with Gasteiger partial charge in [-0.2, -0.15) is 0 Å². The van der Waals surface area contributed by atoms with E-state index < -0.39 is 6.10 Å². The summed E-state index contributed by atoms with van der Waals surface area (Å²) in [4.78, 5) is 0. The highest BCUT2D eigenvalue weighted by Crippen LogP contribution is 2.41. The number of fused-ring (bicyclic) bond motifs is 1. The molecule has 3 heteroatoms. The molecule has 2 rings (SSSR count). The summed E-state index contributed by atoms with van der Waals surface area (Å²) in [6.45, 7) is 6.87. The molecule has 0 aliphatic carbocycles. The summed E-state index contributed by atoms with van der Waals surface area (Å²) in [5, 5.41) is 10.5. The van der Waals surface area contributed by atoms with Crippen molar-refractivity contribution in [2.75, 3.05) is 13.7 Å². The number of hydrogen-bond donors (Lipinski definition) is 1. The molecule has 1 aliphatic rings. The molecule has 19 heavy (non-hydrogen) atoms. The molecule has 106 valence electrons. The van der Waals surface area contributed by atoms with Crippen LogP contribution in [0.1, 0.15) is 44.4 Å². The van der Waals surface area contributed by atoms with Gasteiger partial charge in [0, 0.05) is 25.7 Å². The second-order valence-corrected chi connectivity index (χ2v) is 6.08. The molecule has 1 aromatic carbocycles. The fourth-order valence-electron chi connectivity index (χ4n) is 2.64. The minimum Gasteiger partial charge on any atom is -0.487 e. The Morgan fingerprint density at radius 1 is 1.42 bits per heavy atom. The molecule has 0 bridgehead atoms. The Balaban J connectivity index is 2.20. The number of aliphatic hydroxyl groups is 1. The van der Waals surface area contributed by atoms with Crippen molar-refractivity contribution in [2.24, 2.45) is 5.92 Å². The van der Waals surface area contributed by atoms with Crippen molar-refractivity contribution in [2.45, 2.75) is 45.3 Å². The van der Waals surface area contributed by atoms with Gasteiger partial charge in [0.15, 0.2) is 0 Å². The van der Waals surface area contributed by atoms with Gasteiger partial charge in [-0.05, 0) is 31.7 Å². The number of hydrogen-bond acceptors (Lipinski definition) is 3. The summed E-state index contributed by atoms with van der Waals surface area (Å²) >= 11 is 0. The predicted molar refractivity (Wildman–Crippen MR) is 75.5 cm³/mol. The van der Waals surface area contributed by atoms with Crippen LogP contribution in [-0.2, 0) is 11.2 Å². The first-order chi connectivity index (χ1) is 8.94. The largest absolute Gasteiger partial charge is 0.487 e. The molecule has 0 saturated heterocycles. The number of para-hydroxylation sites is 1. The Hall–Kier alpha value is -1.06. The zero-order valence-electron chi connectivity index (χ0n) is 12.3. The SMILES string of the molecule is COCCC(C)C(O)c1cccc2c1OC(C)(C)C2. The second-order valence-electron chi connectivity index (χ2n) is 6.08. The van der Waals surface area contributed by atoms with Gasteiger partial charge >= 0.3 is 0 Å². The van der Waals surface area contributed by atoms with Gasteiger partial charge in [0.1, 0.15) is 11.4 Å². The third-order valence-corrected chi connectivity index (χ3v) is 3.76. The van der Waals surface area contributed by atoms with Crippen molar-refractivity contribution in [3.05, 3.63) is 29.3 Å². The maximum atomic E-state index is 10.5. The van der Waals surface area contributed by atoms with E-state index in [1.54, 1.807) is 7.11 Å². The van der Waals surface area contributed by atoms with E-state index >= 15 is 0 Å². The number of rotatable bonds is 5. The lowest BCUT2D eigenvalue weighted by molar-refractivity contribution is 0.0806. The van der Waals surface area contributed by atoms with E-state index in [0.717, 1.165) is 24.2 Å². The van der Waals surface area contributed by atoms with Crippen LogP contribution in [0.5, 0.6) is 5.75 Å². The monoisotopic (exact) mass is 264 g/mol. The fourth-order valence-corrected chi connectivity index (χ4v) is 2.64. The van der Waals surface area contributed by atoms with Crippen LogP contribution < -0.4 is 4.74 Å². The van der Waals surface area contributed by atoms with Crippen molar-refractivity contribution in [1.29, 1.82) is 0 Å². The molecule has 1 heterocycles. The lowest BCUT2D eigenvalue weighted by Gasteiger charge is -2.23. The molecular formula is C16H24O3. The van der Waals surface area contributed by atoms with E-state index in [1.165, 1.54) is 5.56 Å². The third kappa shape index (κ3) is 3.10. The van der Waals surface area contributed by atoms with Crippen molar-refractivity contribution in [3.63, 3.8) is 0 Å². The molecule has 0 aromatic heterocycles. The quantitative estimate of drug-likeness (QED) is 0.888. The van der Waals surface area contributed by atoms with Gasteiger partial charge in [-0.15, -0.1) is 0 Å². The molecule has 2 atom stereocenters. The lowest BCUT2D eigenvalue weighted by atomic mass is 9.92. The molecule has 0 saturated carbocycles. The smallest absolute Gasteiger partial charge is 0.129 e. The van der Waals surface area contributed by atoms with Gasteiger partial charge in [0.2, 0.25) is 0 Å². The van der Waals surface area contributed by atoms with Gasteiger partial charge in [-0.1, -0.05) is 25.1 Å². The van der Waals surface area contributed by atoms with Gasteiger partial charge < -0.3 is 14.6 Å². The molecule has 1 aliphatic heterocycles. The normalized spacial score (nSPS) is 19.6. The number of benzene rings is 1. The van der Waals surface area contributed by atoms with Gasteiger partial charge in [-0.25, -0.2) is 0 Å². The standard InChI is InChI=1S/C16H24O3/c1-11(8-9-18-4)14(17)13-7-5-6-12-10-16(2,3)19-15(12)13/h5-7,11,14,17H,8-10H2,1-4H3. The summed E-state index contributed by atoms with van der Waals surface area (Å²) in [6, 6.07) is 6.06. The topological polar surface area (TPSA) is 38.7 Å². The van der Waals surface area contributed by atoms with E-state index in [1.807, 2.05) is 19.1 Å². The molecule has 0 radical (unpaired) electrons. The van der Waals surface area contributed by atoms with Crippen LogP contribution in [0.15, 0.2) is 18.2 Å². The third-order valence-electron chi connectivity index (χ3n) is 3.76. The Morgan fingerprint density at radius 3 is 2.84 bits per heavy atom. The summed E-state index contributed by atoms with van der Waals surface area (Å²) in [5.74, 6) is 1.03. The highest BCUT2D eigenvalue weighted by Gasteiger charge is 2.33. The van der Waals surface area contributed by atoms with Crippen LogP contribution in [-0.4, -0.2) is 24.4 Å². The minimum absolute atomic E-state index is 0.152. The minimum atomic E-state index is -0.501. The van der Waals surface area contributed by atoms with Gasteiger partial charge in [0.05, 0.1) is 6.10 Å². The Labute approximate surface area is 115 Å². The zero-order valence-corrected chi connectivity index (χ0v) is 12.3. The van der Waals surface area contributed by atoms with E-state index in [0.29, 0.717) is 6.61 Å². The second kappa shape index (κ2) is 5.51. The summed E-state index contributed by atoms with van der Waals surface area (Å²) in [6.07, 6.45) is 1.24. The van der Waals surface area contributed by atoms with Crippen molar-refractivity contribution in [1.82, 2.24) is 0 Å². The number of aliphatic hydroxyl groups excluding tert-OH is 1. The summed E-state index contributed by atoms with van der Waals surface area (Å²) in [5.41, 5.74) is 1.93. The van der Waals surface area contributed by atoms with Crippen molar-refractivity contribution in [3.8, 4) is 5.75 Å². The van der Waals surface area contributed by atoms with Crippen LogP contribution in [0.3, 0.4) is 0 Å². The first-order valence-electron chi connectivity index (χ1n) is 6.92. The van der Waals surface area contributed by atoms with Crippen LogP contribution in [0, 0.1) is 5.92 Å². The van der Waals surface area contributed by atoms with Crippen LogP contribution in [0.4, 0.5) is 0 Å². The molecule has 1 N–H and O–H groups in total. The summed E-state index contributed by atoms with van der Waals surface area (Å²) in [7, 11) is 1.69. The molecule has 0 spiro atoms. The molecule has 2 unspecified atom stereocenters. The fraction of sp³-hybridized carbons (Fsp3) is 0.625.